The molecular weight excluding hydrogens is 272 g/mol. The predicted octanol–water partition coefficient (Wildman–Crippen LogP) is 3.80. The molecule has 2 rings (SSSR count). The number of carbonyl (C=O) groups is 1. The van der Waals surface area contributed by atoms with Crippen LogP contribution in [0.1, 0.15) is 21.5 Å². The van der Waals surface area contributed by atoms with E-state index in [0.29, 0.717) is 21.8 Å². The maximum absolute atomic E-state index is 12.4. The molecule has 0 bridgehead atoms. The van der Waals surface area contributed by atoms with Crippen molar-refractivity contribution in [1.82, 2.24) is 0 Å². The third-order valence-corrected chi connectivity index (χ3v) is 3.17. The van der Waals surface area contributed by atoms with Gasteiger partial charge in [-0.1, -0.05) is 17.7 Å². The minimum absolute atomic E-state index is 0.161. The Morgan fingerprint density at radius 1 is 1.25 bits per heavy atom. The highest BCUT2D eigenvalue weighted by Crippen LogP contribution is 2.20. The molecule has 0 aliphatic carbocycles. The Kier molecular flexibility index (Phi) is 4.07. The Morgan fingerprint density at radius 3 is 2.65 bits per heavy atom. The first-order valence-electron chi connectivity index (χ1n) is 6.06. The lowest BCUT2D eigenvalue weighted by Gasteiger charge is -2.18. The summed E-state index contributed by atoms with van der Waals surface area (Å²) in [7, 11) is 1.68. The normalized spacial score (nSPS) is 9.90. The van der Waals surface area contributed by atoms with Crippen LogP contribution < -0.4 is 4.90 Å². The van der Waals surface area contributed by atoms with Crippen LogP contribution in [0, 0.1) is 18.3 Å². The van der Waals surface area contributed by atoms with Crippen LogP contribution in [0.3, 0.4) is 0 Å². The lowest BCUT2D eigenvalue weighted by atomic mass is 10.1. The van der Waals surface area contributed by atoms with Crippen LogP contribution in [0.25, 0.3) is 0 Å². The van der Waals surface area contributed by atoms with Crippen molar-refractivity contribution in [3.05, 3.63) is 64.2 Å². The highest BCUT2D eigenvalue weighted by atomic mass is 35.5. The van der Waals surface area contributed by atoms with Gasteiger partial charge in [0.25, 0.3) is 5.91 Å². The fourth-order valence-electron chi connectivity index (χ4n) is 1.95. The molecule has 0 spiro atoms. The average molecular weight is 285 g/mol. The fraction of sp³-hybridized carbons (Fsp3) is 0.125. The van der Waals surface area contributed by atoms with Crippen LogP contribution in [0.5, 0.6) is 0 Å². The maximum Gasteiger partial charge on any atom is 0.258 e. The molecule has 0 heterocycles. The third-order valence-electron chi connectivity index (χ3n) is 2.96. The molecule has 1 amide bonds. The standard InChI is InChI=1S/C16H13ClN2O/c1-11-6-13(9-14(17)7-11)16(20)19(2)15-5-3-4-12(8-15)10-18/h3-9H,1-2H3. The molecule has 20 heavy (non-hydrogen) atoms. The van der Waals surface area contributed by atoms with Crippen LogP contribution >= 0.6 is 11.6 Å². The molecular formula is C16H13ClN2O. The summed E-state index contributed by atoms with van der Waals surface area (Å²) in [6.45, 7) is 1.89. The van der Waals surface area contributed by atoms with Gasteiger partial charge in [0, 0.05) is 23.3 Å². The smallest absolute Gasteiger partial charge is 0.258 e. The van der Waals surface area contributed by atoms with Crippen LogP contribution in [-0.4, -0.2) is 13.0 Å². The zero-order chi connectivity index (χ0) is 14.7. The highest BCUT2D eigenvalue weighted by molar-refractivity contribution is 6.31. The number of benzene rings is 2. The number of hydrogen-bond donors (Lipinski definition) is 0. The zero-order valence-corrected chi connectivity index (χ0v) is 12.0. The molecule has 0 fully saturated rings. The van der Waals surface area contributed by atoms with Crippen LogP contribution in [0.2, 0.25) is 5.02 Å². The van der Waals surface area contributed by atoms with Crippen molar-refractivity contribution in [1.29, 1.82) is 5.26 Å². The van der Waals surface area contributed by atoms with Crippen molar-refractivity contribution in [3.63, 3.8) is 0 Å². The summed E-state index contributed by atoms with van der Waals surface area (Å²) in [6, 6.07) is 14.2. The van der Waals surface area contributed by atoms with Gasteiger partial charge < -0.3 is 4.90 Å². The first kappa shape index (κ1) is 14.1. The summed E-state index contributed by atoms with van der Waals surface area (Å²) in [5, 5.41) is 9.44. The second-order valence-corrected chi connectivity index (χ2v) is 4.98. The molecule has 0 saturated carbocycles. The van der Waals surface area contributed by atoms with E-state index in [-0.39, 0.29) is 5.91 Å². The molecule has 3 nitrogen and oxygen atoms in total. The Labute approximate surface area is 123 Å². The molecule has 0 atom stereocenters. The van der Waals surface area contributed by atoms with E-state index in [1.54, 1.807) is 49.5 Å². The highest BCUT2D eigenvalue weighted by Gasteiger charge is 2.14. The lowest BCUT2D eigenvalue weighted by molar-refractivity contribution is 0.0993. The summed E-state index contributed by atoms with van der Waals surface area (Å²) in [4.78, 5) is 13.9. The van der Waals surface area contributed by atoms with Gasteiger partial charge in [-0.25, -0.2) is 0 Å². The van der Waals surface area contributed by atoms with E-state index < -0.39 is 0 Å². The Hall–Kier alpha value is -2.31. The van der Waals surface area contributed by atoms with Crippen molar-refractivity contribution < 1.29 is 4.79 Å². The van der Waals surface area contributed by atoms with Crippen LogP contribution in [0.4, 0.5) is 5.69 Å². The number of halogens is 1. The fourth-order valence-corrected chi connectivity index (χ4v) is 2.24. The summed E-state index contributed by atoms with van der Waals surface area (Å²) >= 11 is 5.98. The predicted molar refractivity (Wildman–Crippen MR) is 80.1 cm³/mol. The number of nitrogens with zero attached hydrogens (tertiary/aromatic N) is 2. The van der Waals surface area contributed by atoms with E-state index in [9.17, 15) is 4.79 Å². The van der Waals surface area contributed by atoms with E-state index in [4.69, 9.17) is 16.9 Å². The molecule has 100 valence electrons. The van der Waals surface area contributed by atoms with E-state index >= 15 is 0 Å². The number of anilines is 1. The summed E-state index contributed by atoms with van der Waals surface area (Å²) in [5.41, 5.74) is 2.65. The van der Waals surface area contributed by atoms with Crippen molar-refractivity contribution in [2.45, 2.75) is 6.92 Å². The Bertz CT molecular complexity index is 684. The number of aryl methyl sites for hydroxylation is 1. The number of hydrogen-bond acceptors (Lipinski definition) is 2. The van der Waals surface area contributed by atoms with Gasteiger partial charge in [-0.3, -0.25) is 4.79 Å². The van der Waals surface area contributed by atoms with Crippen LogP contribution in [-0.2, 0) is 0 Å². The number of carbonyl (C=O) groups excluding carboxylic acids is 1. The van der Waals surface area contributed by atoms with E-state index in [0.717, 1.165) is 5.56 Å². The molecule has 0 aliphatic heterocycles. The van der Waals surface area contributed by atoms with Crippen molar-refractivity contribution >= 4 is 23.2 Å². The SMILES string of the molecule is Cc1cc(Cl)cc(C(=O)N(C)c2cccc(C#N)c2)c1. The Morgan fingerprint density at radius 2 is 2.00 bits per heavy atom. The van der Waals surface area contributed by atoms with Crippen molar-refractivity contribution in [2.24, 2.45) is 0 Å². The van der Waals surface area contributed by atoms with Gasteiger partial charge >= 0.3 is 0 Å². The third kappa shape index (κ3) is 2.98. The first-order chi connectivity index (χ1) is 9.51. The molecule has 0 N–H and O–H groups in total. The van der Waals surface area contributed by atoms with Gasteiger partial charge in [0.15, 0.2) is 0 Å². The van der Waals surface area contributed by atoms with E-state index in [1.807, 2.05) is 6.92 Å². The van der Waals surface area contributed by atoms with Gasteiger partial charge in [0.1, 0.15) is 0 Å². The van der Waals surface area contributed by atoms with Crippen molar-refractivity contribution in [2.75, 3.05) is 11.9 Å². The van der Waals surface area contributed by atoms with Crippen molar-refractivity contribution in [3.8, 4) is 6.07 Å². The van der Waals surface area contributed by atoms with Gasteiger partial charge in [0.05, 0.1) is 11.6 Å². The molecule has 0 saturated heterocycles. The topological polar surface area (TPSA) is 44.1 Å². The average Bonchev–Trinajstić information content (AvgIpc) is 2.44. The monoisotopic (exact) mass is 284 g/mol. The molecule has 0 aromatic heterocycles. The number of rotatable bonds is 2. The molecule has 0 unspecified atom stereocenters. The van der Waals surface area contributed by atoms with Gasteiger partial charge in [-0.2, -0.15) is 5.26 Å². The second kappa shape index (κ2) is 5.77. The number of nitriles is 1. The number of amides is 1. The summed E-state index contributed by atoms with van der Waals surface area (Å²) < 4.78 is 0. The largest absolute Gasteiger partial charge is 0.311 e. The quantitative estimate of drug-likeness (QED) is 0.842. The Balaban J connectivity index is 2.35. The minimum atomic E-state index is -0.161. The molecule has 2 aromatic rings. The lowest BCUT2D eigenvalue weighted by Crippen LogP contribution is -2.26. The zero-order valence-electron chi connectivity index (χ0n) is 11.2. The molecule has 0 radical (unpaired) electrons. The minimum Gasteiger partial charge on any atom is -0.311 e. The molecule has 4 heteroatoms. The van der Waals surface area contributed by atoms with Gasteiger partial charge in [0.2, 0.25) is 0 Å². The molecule has 2 aromatic carbocycles. The van der Waals surface area contributed by atoms with E-state index in [1.165, 1.54) is 4.90 Å². The van der Waals surface area contributed by atoms with Gasteiger partial charge in [-0.05, 0) is 48.9 Å². The van der Waals surface area contributed by atoms with Gasteiger partial charge in [-0.15, -0.1) is 0 Å². The molecule has 0 aliphatic rings. The van der Waals surface area contributed by atoms with E-state index in [2.05, 4.69) is 6.07 Å². The first-order valence-corrected chi connectivity index (χ1v) is 6.44. The summed E-state index contributed by atoms with van der Waals surface area (Å²) in [5.74, 6) is -0.161. The van der Waals surface area contributed by atoms with Crippen LogP contribution in [0.15, 0.2) is 42.5 Å². The second-order valence-electron chi connectivity index (χ2n) is 4.54. The summed E-state index contributed by atoms with van der Waals surface area (Å²) in [6.07, 6.45) is 0. The maximum atomic E-state index is 12.4.